The topological polar surface area (TPSA) is 29.0 Å². The van der Waals surface area contributed by atoms with Crippen molar-refractivity contribution in [2.45, 2.75) is 13.5 Å². The molecule has 0 saturated carbocycles. The average Bonchev–Trinajstić information content (AvgIpc) is 2.88. The maximum Gasteiger partial charge on any atom is 0.190 e. The van der Waals surface area contributed by atoms with E-state index in [0.29, 0.717) is 0 Å². The van der Waals surface area contributed by atoms with Gasteiger partial charge in [0.05, 0.1) is 16.8 Å². The second kappa shape index (κ2) is 5.43. The zero-order chi connectivity index (χ0) is 13.9. The van der Waals surface area contributed by atoms with E-state index in [0.717, 1.165) is 22.8 Å². The van der Waals surface area contributed by atoms with Gasteiger partial charge < -0.3 is 4.90 Å². The van der Waals surface area contributed by atoms with Gasteiger partial charge in [-0.15, -0.1) is 0 Å². The summed E-state index contributed by atoms with van der Waals surface area (Å²) >= 11 is 1.69. The molecule has 0 amide bonds. The summed E-state index contributed by atoms with van der Waals surface area (Å²) < 4.78 is 1.21. The van der Waals surface area contributed by atoms with Gasteiger partial charge in [0, 0.05) is 12.4 Å². The maximum atomic E-state index is 4.67. The first-order chi connectivity index (χ1) is 9.76. The molecule has 0 atom stereocenters. The monoisotopic (exact) mass is 281 g/mol. The van der Waals surface area contributed by atoms with Crippen LogP contribution >= 0.6 is 11.3 Å². The van der Waals surface area contributed by atoms with Crippen molar-refractivity contribution in [3.63, 3.8) is 0 Å². The maximum absolute atomic E-state index is 4.67. The molecular weight excluding hydrogens is 266 g/mol. The van der Waals surface area contributed by atoms with Crippen molar-refractivity contribution >= 4 is 26.7 Å². The second-order valence-electron chi connectivity index (χ2n) is 4.64. The Hall–Kier alpha value is -2.20. The quantitative estimate of drug-likeness (QED) is 0.719. The normalized spacial score (nSPS) is 10.7. The number of hydrogen-bond acceptors (Lipinski definition) is 4. The molecule has 2 heterocycles. The fourth-order valence-corrected chi connectivity index (χ4v) is 3.10. The first kappa shape index (κ1) is 12.8. The minimum atomic E-state index is 0.732. The van der Waals surface area contributed by atoms with Gasteiger partial charge in [0.2, 0.25) is 0 Å². The number of aryl methyl sites for hydroxylation is 1. The van der Waals surface area contributed by atoms with Crippen LogP contribution in [0.1, 0.15) is 11.1 Å². The highest BCUT2D eigenvalue weighted by Gasteiger charge is 2.10. The van der Waals surface area contributed by atoms with Gasteiger partial charge in [-0.25, -0.2) is 4.98 Å². The lowest BCUT2D eigenvalue weighted by atomic mass is 10.2. The number of rotatable bonds is 4. The van der Waals surface area contributed by atoms with Crippen LogP contribution in [0.25, 0.3) is 10.2 Å². The van der Waals surface area contributed by atoms with Crippen molar-refractivity contribution < 1.29 is 0 Å². The van der Waals surface area contributed by atoms with E-state index in [1.807, 2.05) is 18.5 Å². The summed E-state index contributed by atoms with van der Waals surface area (Å²) in [6.45, 7) is 6.72. The largest absolute Gasteiger partial charge is 0.321 e. The van der Waals surface area contributed by atoms with Crippen LogP contribution in [0.4, 0.5) is 5.13 Å². The number of pyridine rings is 1. The number of thiazole rings is 1. The Morgan fingerprint density at radius 3 is 3.00 bits per heavy atom. The standard InChI is InChI=1S/C16H15N3S/c1-3-19(11-13-5-4-8-17-10-13)16-18-14-7-6-12(2)9-15(14)20-16/h3-10H,1,11H2,2H3. The van der Waals surface area contributed by atoms with E-state index in [-0.39, 0.29) is 0 Å². The van der Waals surface area contributed by atoms with Gasteiger partial charge >= 0.3 is 0 Å². The van der Waals surface area contributed by atoms with Gasteiger partial charge in [-0.3, -0.25) is 4.98 Å². The Kier molecular flexibility index (Phi) is 3.48. The number of aromatic nitrogens is 2. The summed E-state index contributed by atoms with van der Waals surface area (Å²) in [6.07, 6.45) is 5.47. The molecular formula is C16H15N3S. The van der Waals surface area contributed by atoms with Gasteiger partial charge in [-0.05, 0) is 42.4 Å². The molecule has 20 heavy (non-hydrogen) atoms. The van der Waals surface area contributed by atoms with Crippen molar-refractivity contribution in [2.75, 3.05) is 4.90 Å². The van der Waals surface area contributed by atoms with Crippen LogP contribution in [-0.4, -0.2) is 9.97 Å². The molecule has 0 aliphatic heterocycles. The van der Waals surface area contributed by atoms with Gasteiger partial charge in [0.1, 0.15) is 0 Å². The highest BCUT2D eigenvalue weighted by Crippen LogP contribution is 2.30. The van der Waals surface area contributed by atoms with Crippen LogP contribution in [-0.2, 0) is 6.54 Å². The Bertz CT molecular complexity index is 734. The number of anilines is 1. The third-order valence-electron chi connectivity index (χ3n) is 3.07. The predicted molar refractivity (Wildman–Crippen MR) is 85.0 cm³/mol. The molecule has 4 heteroatoms. The molecule has 0 fully saturated rings. The van der Waals surface area contributed by atoms with Crippen LogP contribution in [0.2, 0.25) is 0 Å². The van der Waals surface area contributed by atoms with Crippen molar-refractivity contribution in [2.24, 2.45) is 0 Å². The van der Waals surface area contributed by atoms with E-state index >= 15 is 0 Å². The van der Waals surface area contributed by atoms with Crippen LogP contribution in [0.15, 0.2) is 55.5 Å². The van der Waals surface area contributed by atoms with E-state index < -0.39 is 0 Å². The smallest absolute Gasteiger partial charge is 0.190 e. The fourth-order valence-electron chi connectivity index (χ4n) is 2.04. The molecule has 3 rings (SSSR count). The van der Waals surface area contributed by atoms with E-state index in [2.05, 4.69) is 52.6 Å². The molecule has 0 N–H and O–H groups in total. The highest BCUT2D eigenvalue weighted by molar-refractivity contribution is 7.22. The molecule has 1 aromatic carbocycles. The van der Waals surface area contributed by atoms with Crippen LogP contribution in [0.5, 0.6) is 0 Å². The van der Waals surface area contributed by atoms with Crippen LogP contribution in [0, 0.1) is 6.92 Å². The molecule has 0 radical (unpaired) electrons. The van der Waals surface area contributed by atoms with Crippen LogP contribution < -0.4 is 4.90 Å². The van der Waals surface area contributed by atoms with Crippen molar-refractivity contribution in [1.82, 2.24) is 9.97 Å². The summed E-state index contributed by atoms with van der Waals surface area (Å²) in [7, 11) is 0. The van der Waals surface area contributed by atoms with Gasteiger partial charge in [-0.1, -0.05) is 30.0 Å². The van der Waals surface area contributed by atoms with E-state index in [1.54, 1.807) is 17.5 Å². The Morgan fingerprint density at radius 1 is 1.35 bits per heavy atom. The molecule has 0 unspecified atom stereocenters. The first-order valence-electron chi connectivity index (χ1n) is 6.41. The lowest BCUT2D eigenvalue weighted by Gasteiger charge is -2.16. The van der Waals surface area contributed by atoms with E-state index in [4.69, 9.17) is 0 Å². The lowest BCUT2D eigenvalue weighted by molar-refractivity contribution is 0.953. The number of hydrogen-bond donors (Lipinski definition) is 0. The third-order valence-corrected chi connectivity index (χ3v) is 4.13. The number of fused-ring (bicyclic) bond motifs is 1. The van der Waals surface area contributed by atoms with Gasteiger partial charge in [-0.2, -0.15) is 0 Å². The number of benzene rings is 1. The summed E-state index contributed by atoms with van der Waals surface area (Å²) in [5, 5.41) is 0.962. The summed E-state index contributed by atoms with van der Waals surface area (Å²) in [5.74, 6) is 0. The molecule has 100 valence electrons. The lowest BCUT2D eigenvalue weighted by Crippen LogP contribution is -2.14. The summed E-state index contributed by atoms with van der Waals surface area (Å²) in [6, 6.07) is 10.3. The minimum Gasteiger partial charge on any atom is -0.321 e. The summed E-state index contributed by atoms with van der Waals surface area (Å²) in [4.78, 5) is 10.9. The van der Waals surface area contributed by atoms with Crippen molar-refractivity contribution in [3.05, 3.63) is 66.6 Å². The molecule has 3 nitrogen and oxygen atoms in total. The Labute approximate surface area is 122 Å². The van der Waals surface area contributed by atoms with Crippen LogP contribution in [0.3, 0.4) is 0 Å². The molecule has 0 spiro atoms. The molecule has 0 saturated heterocycles. The first-order valence-corrected chi connectivity index (χ1v) is 7.23. The Balaban J connectivity index is 1.93. The van der Waals surface area contributed by atoms with Gasteiger partial charge in [0.25, 0.3) is 0 Å². The summed E-state index contributed by atoms with van der Waals surface area (Å²) in [5.41, 5.74) is 3.43. The fraction of sp³-hybridized carbons (Fsp3) is 0.125. The Morgan fingerprint density at radius 2 is 2.25 bits per heavy atom. The highest BCUT2D eigenvalue weighted by atomic mass is 32.1. The SMILES string of the molecule is C=CN(Cc1cccnc1)c1nc2ccc(C)cc2s1. The van der Waals surface area contributed by atoms with Crippen molar-refractivity contribution in [1.29, 1.82) is 0 Å². The molecule has 0 bridgehead atoms. The van der Waals surface area contributed by atoms with E-state index in [1.165, 1.54) is 10.3 Å². The third kappa shape index (κ3) is 2.56. The zero-order valence-corrected chi connectivity index (χ0v) is 12.1. The minimum absolute atomic E-state index is 0.732. The molecule has 0 aliphatic rings. The average molecular weight is 281 g/mol. The van der Waals surface area contributed by atoms with E-state index in [9.17, 15) is 0 Å². The number of nitrogens with zero attached hydrogens (tertiary/aromatic N) is 3. The second-order valence-corrected chi connectivity index (χ2v) is 5.65. The molecule has 2 aromatic heterocycles. The predicted octanol–water partition coefficient (Wildman–Crippen LogP) is 4.15. The van der Waals surface area contributed by atoms with Crippen molar-refractivity contribution in [3.8, 4) is 0 Å². The zero-order valence-electron chi connectivity index (χ0n) is 11.3. The molecule has 3 aromatic rings. The van der Waals surface area contributed by atoms with Gasteiger partial charge in [0.15, 0.2) is 5.13 Å². The molecule has 0 aliphatic carbocycles.